The van der Waals surface area contributed by atoms with Crippen molar-refractivity contribution in [1.82, 2.24) is 9.62 Å². The van der Waals surface area contributed by atoms with Gasteiger partial charge in [0, 0.05) is 18.7 Å². The van der Waals surface area contributed by atoms with Gasteiger partial charge in [0.1, 0.15) is 16.4 Å². The lowest BCUT2D eigenvalue weighted by Crippen LogP contribution is -2.50. The molecule has 1 aliphatic heterocycles. The molecule has 21 heavy (non-hydrogen) atoms. The Bertz CT molecular complexity index is 582. The smallest absolute Gasteiger partial charge is 0.246 e. The fourth-order valence-electron chi connectivity index (χ4n) is 2.45. The number of nitrogens with zero attached hydrogens (tertiary/aromatic N) is 1. The van der Waals surface area contributed by atoms with Crippen LogP contribution in [0.25, 0.3) is 0 Å². The minimum Gasteiger partial charge on any atom is -0.464 e. The van der Waals surface area contributed by atoms with Gasteiger partial charge in [-0.1, -0.05) is 6.92 Å². The van der Waals surface area contributed by atoms with E-state index in [2.05, 4.69) is 5.32 Å². The molecular formula is C14H24N2O4S. The van der Waals surface area contributed by atoms with Crippen LogP contribution in [-0.2, 0) is 21.3 Å². The number of furan rings is 1. The molecular weight excluding hydrogens is 292 g/mol. The second-order valence-electron chi connectivity index (χ2n) is 5.48. The minimum atomic E-state index is -3.55. The molecule has 1 aromatic rings. The van der Waals surface area contributed by atoms with Crippen molar-refractivity contribution in [3.8, 4) is 0 Å². The summed E-state index contributed by atoms with van der Waals surface area (Å²) in [5.74, 6) is 1.08. The van der Waals surface area contributed by atoms with Gasteiger partial charge in [0.15, 0.2) is 0 Å². The van der Waals surface area contributed by atoms with Crippen LogP contribution in [0.2, 0.25) is 0 Å². The predicted molar refractivity (Wildman–Crippen MR) is 79.6 cm³/mol. The summed E-state index contributed by atoms with van der Waals surface area (Å²) in [4.78, 5) is 0.261. The topological polar surface area (TPSA) is 71.8 Å². The van der Waals surface area contributed by atoms with E-state index < -0.39 is 10.0 Å². The molecule has 2 heterocycles. The number of hydrogen-bond acceptors (Lipinski definition) is 5. The summed E-state index contributed by atoms with van der Waals surface area (Å²) in [6.45, 7) is 9.55. The molecule has 7 heteroatoms. The zero-order valence-corrected chi connectivity index (χ0v) is 13.9. The van der Waals surface area contributed by atoms with Crippen LogP contribution in [0.15, 0.2) is 15.4 Å². The lowest BCUT2D eigenvalue weighted by molar-refractivity contribution is -0.0170. The Morgan fingerprint density at radius 2 is 2.14 bits per heavy atom. The first-order valence-electron chi connectivity index (χ1n) is 7.29. The minimum absolute atomic E-state index is 0.0931. The maximum absolute atomic E-state index is 12.8. The fraction of sp³-hybridized carbons (Fsp3) is 0.714. The van der Waals surface area contributed by atoms with E-state index in [-0.39, 0.29) is 17.0 Å². The van der Waals surface area contributed by atoms with Gasteiger partial charge in [0.2, 0.25) is 10.0 Å². The number of ether oxygens (including phenoxy) is 1. The SMILES string of the molecule is CCNCc1cc(S(=O)(=O)N2CC(C)OCC2C)c(C)o1. The van der Waals surface area contributed by atoms with Crippen molar-refractivity contribution < 1.29 is 17.6 Å². The van der Waals surface area contributed by atoms with Crippen LogP contribution in [0, 0.1) is 6.92 Å². The average molecular weight is 316 g/mol. The molecule has 2 rings (SSSR count). The average Bonchev–Trinajstić information content (AvgIpc) is 2.81. The Balaban J connectivity index is 2.28. The highest BCUT2D eigenvalue weighted by Crippen LogP contribution is 2.27. The van der Waals surface area contributed by atoms with Crippen LogP contribution in [0.1, 0.15) is 32.3 Å². The molecule has 0 amide bonds. The van der Waals surface area contributed by atoms with Crippen LogP contribution < -0.4 is 5.32 Å². The van der Waals surface area contributed by atoms with Crippen molar-refractivity contribution >= 4 is 10.0 Å². The quantitative estimate of drug-likeness (QED) is 0.891. The zero-order chi connectivity index (χ0) is 15.6. The number of rotatable bonds is 5. The van der Waals surface area contributed by atoms with Crippen molar-refractivity contribution in [2.75, 3.05) is 19.7 Å². The van der Waals surface area contributed by atoms with E-state index in [1.807, 2.05) is 20.8 Å². The Morgan fingerprint density at radius 1 is 1.43 bits per heavy atom. The number of aryl methyl sites for hydroxylation is 1. The molecule has 1 aromatic heterocycles. The standard InChI is InChI=1S/C14H24N2O4S/c1-5-15-7-13-6-14(12(4)20-13)21(17,18)16-8-11(3)19-9-10(16)2/h6,10-11,15H,5,7-9H2,1-4H3. The second kappa shape index (κ2) is 6.48. The molecule has 0 saturated carbocycles. The van der Waals surface area contributed by atoms with Crippen LogP contribution in [-0.4, -0.2) is 44.6 Å². The fourth-order valence-corrected chi connectivity index (χ4v) is 4.33. The third kappa shape index (κ3) is 3.48. The van der Waals surface area contributed by atoms with Crippen LogP contribution in [0.5, 0.6) is 0 Å². The summed E-state index contributed by atoms with van der Waals surface area (Å²) in [6, 6.07) is 1.46. The van der Waals surface area contributed by atoms with Gasteiger partial charge in [-0.05, 0) is 27.3 Å². The van der Waals surface area contributed by atoms with E-state index in [4.69, 9.17) is 9.15 Å². The first-order chi connectivity index (χ1) is 9.86. The van der Waals surface area contributed by atoms with Crippen molar-refractivity contribution in [3.05, 3.63) is 17.6 Å². The second-order valence-corrected chi connectivity index (χ2v) is 7.34. The number of morpholine rings is 1. The van der Waals surface area contributed by atoms with Crippen molar-refractivity contribution in [3.63, 3.8) is 0 Å². The third-order valence-corrected chi connectivity index (χ3v) is 5.70. The van der Waals surface area contributed by atoms with Crippen molar-refractivity contribution in [2.45, 2.75) is 51.3 Å². The van der Waals surface area contributed by atoms with Gasteiger partial charge in [-0.25, -0.2) is 8.42 Å². The van der Waals surface area contributed by atoms with E-state index in [0.717, 1.165) is 6.54 Å². The Hall–Kier alpha value is -0.890. The molecule has 120 valence electrons. The molecule has 1 saturated heterocycles. The van der Waals surface area contributed by atoms with Gasteiger partial charge in [0.25, 0.3) is 0 Å². The molecule has 0 aliphatic carbocycles. The van der Waals surface area contributed by atoms with Crippen molar-refractivity contribution in [2.24, 2.45) is 0 Å². The summed E-state index contributed by atoms with van der Waals surface area (Å²) in [7, 11) is -3.55. The predicted octanol–water partition coefficient (Wildman–Crippen LogP) is 1.50. The highest BCUT2D eigenvalue weighted by atomic mass is 32.2. The van der Waals surface area contributed by atoms with Gasteiger partial charge in [-0.2, -0.15) is 4.31 Å². The maximum atomic E-state index is 12.8. The molecule has 0 aromatic carbocycles. The molecule has 1 N–H and O–H groups in total. The van der Waals surface area contributed by atoms with E-state index in [9.17, 15) is 8.42 Å². The molecule has 2 unspecified atom stereocenters. The van der Waals surface area contributed by atoms with Crippen LogP contribution >= 0.6 is 0 Å². The highest BCUT2D eigenvalue weighted by Gasteiger charge is 2.36. The number of nitrogens with one attached hydrogen (secondary N) is 1. The van der Waals surface area contributed by atoms with Gasteiger partial charge in [0.05, 0.1) is 19.3 Å². The van der Waals surface area contributed by atoms with Crippen molar-refractivity contribution in [1.29, 1.82) is 0 Å². The monoisotopic (exact) mass is 316 g/mol. The van der Waals surface area contributed by atoms with E-state index in [1.165, 1.54) is 4.31 Å². The maximum Gasteiger partial charge on any atom is 0.246 e. The van der Waals surface area contributed by atoms with Gasteiger partial charge < -0.3 is 14.5 Å². The molecule has 2 atom stereocenters. The summed E-state index contributed by atoms with van der Waals surface area (Å²) in [5.41, 5.74) is 0. The first-order valence-corrected chi connectivity index (χ1v) is 8.73. The molecule has 0 radical (unpaired) electrons. The third-order valence-electron chi connectivity index (χ3n) is 3.61. The van der Waals surface area contributed by atoms with E-state index in [0.29, 0.717) is 31.2 Å². The van der Waals surface area contributed by atoms with Crippen LogP contribution in [0.3, 0.4) is 0 Å². The molecule has 0 spiro atoms. The van der Waals surface area contributed by atoms with E-state index in [1.54, 1.807) is 13.0 Å². The van der Waals surface area contributed by atoms with Crippen LogP contribution in [0.4, 0.5) is 0 Å². The molecule has 6 nitrogen and oxygen atoms in total. The van der Waals surface area contributed by atoms with Gasteiger partial charge in [-0.3, -0.25) is 0 Å². The van der Waals surface area contributed by atoms with E-state index >= 15 is 0 Å². The Morgan fingerprint density at radius 3 is 2.81 bits per heavy atom. The molecule has 1 fully saturated rings. The highest BCUT2D eigenvalue weighted by molar-refractivity contribution is 7.89. The zero-order valence-electron chi connectivity index (χ0n) is 13.0. The lowest BCUT2D eigenvalue weighted by Gasteiger charge is -2.35. The Labute approximate surface area is 126 Å². The Kier molecular flexibility index (Phi) is 5.08. The largest absolute Gasteiger partial charge is 0.464 e. The lowest BCUT2D eigenvalue weighted by atomic mass is 10.2. The first kappa shape index (κ1) is 16.5. The molecule has 0 bridgehead atoms. The van der Waals surface area contributed by atoms with Gasteiger partial charge in [-0.15, -0.1) is 0 Å². The summed E-state index contributed by atoms with van der Waals surface area (Å²) in [5, 5.41) is 3.13. The molecule has 1 aliphatic rings. The number of sulfonamides is 1. The van der Waals surface area contributed by atoms with Gasteiger partial charge >= 0.3 is 0 Å². The summed E-state index contributed by atoms with van der Waals surface area (Å²) in [6.07, 6.45) is -0.0931. The summed E-state index contributed by atoms with van der Waals surface area (Å²) >= 11 is 0. The normalized spacial score (nSPS) is 24.4. The number of hydrogen-bond donors (Lipinski definition) is 1. The summed E-state index contributed by atoms with van der Waals surface area (Å²) < 4.78 is 38.2.